The van der Waals surface area contributed by atoms with Crippen molar-refractivity contribution in [2.45, 2.75) is 24.1 Å². The zero-order valence-corrected chi connectivity index (χ0v) is 14.8. The molecule has 1 unspecified atom stereocenters. The van der Waals surface area contributed by atoms with Crippen molar-refractivity contribution in [3.63, 3.8) is 0 Å². The van der Waals surface area contributed by atoms with Crippen molar-refractivity contribution in [1.82, 2.24) is 10.0 Å². The predicted molar refractivity (Wildman–Crippen MR) is 90.3 cm³/mol. The average molecular weight is 356 g/mol. The summed E-state index contributed by atoms with van der Waals surface area (Å²) >= 11 is 0. The summed E-state index contributed by atoms with van der Waals surface area (Å²) < 4.78 is 37.2. The molecule has 0 aromatic heterocycles. The van der Waals surface area contributed by atoms with Crippen molar-refractivity contribution in [2.24, 2.45) is 0 Å². The lowest BCUT2D eigenvalue weighted by atomic mass is 9.99. The number of esters is 1. The summed E-state index contributed by atoms with van der Waals surface area (Å²) in [7, 11) is -0.631. The van der Waals surface area contributed by atoms with Gasteiger partial charge in [0.25, 0.3) is 0 Å². The predicted octanol–water partition coefficient (Wildman–Crippen LogP) is 0.661. The molecule has 2 rings (SSSR count). The third kappa shape index (κ3) is 5.01. The molecule has 0 saturated carbocycles. The molecule has 1 heterocycles. The Hall–Kier alpha value is -1.48. The SMILES string of the molecule is COCC1(CNS(=O)(=O)Cc2cccc(C(=O)OC)c2)CCCN1. The molecule has 24 heavy (non-hydrogen) atoms. The fourth-order valence-electron chi connectivity index (χ4n) is 2.89. The molecule has 1 aliphatic heterocycles. The highest BCUT2D eigenvalue weighted by molar-refractivity contribution is 7.88. The molecule has 0 radical (unpaired) electrons. The van der Waals surface area contributed by atoms with Gasteiger partial charge >= 0.3 is 5.97 Å². The van der Waals surface area contributed by atoms with Gasteiger partial charge in [0.2, 0.25) is 10.0 Å². The van der Waals surface area contributed by atoms with Crippen molar-refractivity contribution < 1.29 is 22.7 Å². The zero-order valence-electron chi connectivity index (χ0n) is 14.0. The molecule has 1 fully saturated rings. The number of hydrogen-bond acceptors (Lipinski definition) is 6. The van der Waals surface area contributed by atoms with Crippen molar-refractivity contribution in [1.29, 1.82) is 0 Å². The van der Waals surface area contributed by atoms with Crippen LogP contribution in [0.2, 0.25) is 0 Å². The Morgan fingerprint density at radius 3 is 2.79 bits per heavy atom. The topological polar surface area (TPSA) is 93.7 Å². The van der Waals surface area contributed by atoms with Gasteiger partial charge < -0.3 is 14.8 Å². The van der Waals surface area contributed by atoms with E-state index in [0.29, 0.717) is 17.7 Å². The number of carbonyl (C=O) groups is 1. The first-order valence-electron chi connectivity index (χ1n) is 7.78. The third-order valence-electron chi connectivity index (χ3n) is 4.09. The standard InChI is InChI=1S/C16H24N2O5S/c1-22-12-16(7-4-8-17-16)11-18-24(20,21)10-13-5-3-6-14(9-13)15(19)23-2/h3,5-6,9,17-18H,4,7-8,10-12H2,1-2H3. The second-order valence-corrected chi connectivity index (χ2v) is 7.82. The van der Waals surface area contributed by atoms with E-state index in [1.165, 1.54) is 13.2 Å². The van der Waals surface area contributed by atoms with Crippen LogP contribution in [0.1, 0.15) is 28.8 Å². The molecule has 8 heteroatoms. The van der Waals surface area contributed by atoms with Gasteiger partial charge in [-0.3, -0.25) is 0 Å². The fraction of sp³-hybridized carbons (Fsp3) is 0.562. The summed E-state index contributed by atoms with van der Waals surface area (Å²) in [4.78, 5) is 11.5. The molecule has 1 atom stereocenters. The number of methoxy groups -OCH3 is 2. The monoisotopic (exact) mass is 356 g/mol. The molecule has 2 N–H and O–H groups in total. The minimum atomic E-state index is -3.53. The van der Waals surface area contributed by atoms with Gasteiger partial charge in [0.1, 0.15) is 0 Å². The van der Waals surface area contributed by atoms with E-state index in [9.17, 15) is 13.2 Å². The molecule has 0 spiro atoms. The number of carbonyl (C=O) groups excluding carboxylic acids is 1. The van der Waals surface area contributed by atoms with Crippen LogP contribution >= 0.6 is 0 Å². The average Bonchev–Trinajstić information content (AvgIpc) is 3.02. The zero-order chi connectivity index (χ0) is 17.6. The van der Waals surface area contributed by atoms with Gasteiger partial charge in [-0.2, -0.15) is 0 Å². The molecular formula is C16H24N2O5S. The molecule has 134 valence electrons. The van der Waals surface area contributed by atoms with E-state index in [-0.39, 0.29) is 17.8 Å². The first-order chi connectivity index (χ1) is 11.4. The highest BCUT2D eigenvalue weighted by atomic mass is 32.2. The van der Waals surface area contributed by atoms with Gasteiger partial charge in [0.05, 0.1) is 30.6 Å². The maximum atomic E-state index is 12.4. The van der Waals surface area contributed by atoms with E-state index < -0.39 is 16.0 Å². The Labute approximate surface area is 142 Å². The maximum Gasteiger partial charge on any atom is 0.337 e. The summed E-state index contributed by atoms with van der Waals surface area (Å²) in [6.45, 7) is 1.58. The van der Waals surface area contributed by atoms with E-state index in [0.717, 1.165) is 19.4 Å². The number of hydrogen-bond donors (Lipinski definition) is 2. The lowest BCUT2D eigenvalue weighted by Gasteiger charge is -2.28. The van der Waals surface area contributed by atoms with E-state index in [1.54, 1.807) is 25.3 Å². The van der Waals surface area contributed by atoms with Crippen LogP contribution in [0, 0.1) is 0 Å². The van der Waals surface area contributed by atoms with Gasteiger partial charge in [-0.1, -0.05) is 12.1 Å². The Kier molecular flexibility index (Phi) is 6.34. The van der Waals surface area contributed by atoms with E-state index in [4.69, 9.17) is 4.74 Å². The van der Waals surface area contributed by atoms with Gasteiger partial charge in [-0.25, -0.2) is 17.9 Å². The van der Waals surface area contributed by atoms with E-state index in [2.05, 4.69) is 14.8 Å². The maximum absolute atomic E-state index is 12.4. The molecule has 1 aromatic rings. The second-order valence-electron chi connectivity index (χ2n) is 6.02. The first-order valence-corrected chi connectivity index (χ1v) is 9.43. The van der Waals surface area contributed by atoms with Crippen molar-refractivity contribution >= 4 is 16.0 Å². The third-order valence-corrected chi connectivity index (χ3v) is 5.39. The summed E-state index contributed by atoms with van der Waals surface area (Å²) in [6.07, 6.45) is 1.85. The summed E-state index contributed by atoms with van der Waals surface area (Å²) in [5.74, 6) is -0.683. The minimum Gasteiger partial charge on any atom is -0.465 e. The Morgan fingerprint density at radius 1 is 1.38 bits per heavy atom. The van der Waals surface area contributed by atoms with Crippen LogP contribution in [-0.4, -0.2) is 53.8 Å². The fourth-order valence-corrected chi connectivity index (χ4v) is 4.11. The lowest BCUT2D eigenvalue weighted by molar-refractivity contribution is 0.0600. The molecule has 7 nitrogen and oxygen atoms in total. The number of nitrogens with one attached hydrogen (secondary N) is 2. The van der Waals surface area contributed by atoms with Gasteiger partial charge in [0.15, 0.2) is 0 Å². The number of sulfonamides is 1. The first kappa shape index (κ1) is 18.9. The van der Waals surface area contributed by atoms with Crippen LogP contribution in [0.5, 0.6) is 0 Å². The highest BCUT2D eigenvalue weighted by Crippen LogP contribution is 2.19. The number of rotatable bonds is 8. The largest absolute Gasteiger partial charge is 0.465 e. The van der Waals surface area contributed by atoms with E-state index >= 15 is 0 Å². The Balaban J connectivity index is 2.02. The number of benzene rings is 1. The molecule has 0 amide bonds. The minimum absolute atomic E-state index is 0.194. The summed E-state index contributed by atoms with van der Waals surface area (Å²) in [6, 6.07) is 6.43. The Morgan fingerprint density at radius 2 is 2.17 bits per heavy atom. The van der Waals surface area contributed by atoms with Crippen molar-refractivity contribution in [3.8, 4) is 0 Å². The van der Waals surface area contributed by atoms with Crippen LogP contribution in [0.4, 0.5) is 0 Å². The van der Waals surface area contributed by atoms with Crippen LogP contribution in [-0.2, 0) is 25.2 Å². The smallest absolute Gasteiger partial charge is 0.337 e. The molecule has 1 saturated heterocycles. The molecule has 1 aromatic carbocycles. The van der Waals surface area contributed by atoms with Crippen LogP contribution in [0.3, 0.4) is 0 Å². The number of ether oxygens (including phenoxy) is 2. The van der Waals surface area contributed by atoms with Crippen molar-refractivity contribution in [3.05, 3.63) is 35.4 Å². The van der Waals surface area contributed by atoms with Crippen LogP contribution < -0.4 is 10.0 Å². The quantitative estimate of drug-likeness (QED) is 0.665. The molecule has 0 aliphatic carbocycles. The van der Waals surface area contributed by atoms with Crippen molar-refractivity contribution in [2.75, 3.05) is 33.9 Å². The normalized spacial score (nSPS) is 20.9. The molecule has 1 aliphatic rings. The van der Waals surface area contributed by atoms with Gasteiger partial charge in [0, 0.05) is 13.7 Å². The van der Waals surface area contributed by atoms with Crippen LogP contribution in [0.15, 0.2) is 24.3 Å². The second kappa shape index (κ2) is 8.06. The summed E-state index contributed by atoms with van der Waals surface area (Å²) in [5, 5.41) is 3.33. The molecular weight excluding hydrogens is 332 g/mol. The van der Waals surface area contributed by atoms with Gasteiger partial charge in [-0.15, -0.1) is 0 Å². The molecule has 0 bridgehead atoms. The Bertz CT molecular complexity index is 669. The van der Waals surface area contributed by atoms with Crippen LogP contribution in [0.25, 0.3) is 0 Å². The lowest BCUT2D eigenvalue weighted by Crippen LogP contribution is -2.53. The van der Waals surface area contributed by atoms with Gasteiger partial charge in [-0.05, 0) is 37.1 Å². The summed E-state index contributed by atoms with van der Waals surface area (Å²) in [5.41, 5.74) is 0.513. The highest BCUT2D eigenvalue weighted by Gasteiger charge is 2.34. The van der Waals surface area contributed by atoms with E-state index in [1.807, 2.05) is 0 Å².